The van der Waals surface area contributed by atoms with Crippen molar-refractivity contribution in [3.05, 3.63) is 38.9 Å². The summed E-state index contributed by atoms with van der Waals surface area (Å²) < 4.78 is 42.5. The Kier molecular flexibility index (Phi) is 4.86. The molecule has 0 aliphatic carbocycles. The van der Waals surface area contributed by atoms with Crippen molar-refractivity contribution >= 4 is 11.7 Å². The number of nitrogens with zero attached hydrogens (tertiary/aromatic N) is 2. The van der Waals surface area contributed by atoms with Crippen molar-refractivity contribution < 1.29 is 27.6 Å². The average Bonchev–Trinajstić information content (AvgIpc) is 2.37. The Labute approximate surface area is 116 Å². The maximum Gasteiger partial charge on any atom is 0.416 e. The van der Waals surface area contributed by atoms with Crippen LogP contribution in [0.15, 0.2) is 12.1 Å². The molecule has 0 heterocycles. The minimum atomic E-state index is -4.83. The Morgan fingerprint density at radius 2 is 2.10 bits per heavy atom. The summed E-state index contributed by atoms with van der Waals surface area (Å²) in [5.74, 6) is -0.864. The predicted molar refractivity (Wildman–Crippen MR) is 63.2 cm³/mol. The van der Waals surface area contributed by atoms with Gasteiger partial charge < -0.3 is 4.74 Å². The van der Waals surface area contributed by atoms with Crippen LogP contribution in [0.25, 0.3) is 0 Å². The highest BCUT2D eigenvalue weighted by atomic mass is 19.4. The van der Waals surface area contributed by atoms with Gasteiger partial charge in [0.25, 0.3) is 5.69 Å². The Hall–Kier alpha value is -2.63. The molecule has 21 heavy (non-hydrogen) atoms. The fourth-order valence-corrected chi connectivity index (χ4v) is 1.63. The van der Waals surface area contributed by atoms with Crippen LogP contribution in [0.5, 0.6) is 0 Å². The summed E-state index contributed by atoms with van der Waals surface area (Å²) in [6, 6.07) is 2.21. The van der Waals surface area contributed by atoms with Gasteiger partial charge in [-0.05, 0) is 13.0 Å². The van der Waals surface area contributed by atoms with Gasteiger partial charge in [0.15, 0.2) is 0 Å². The molecule has 9 heteroatoms. The number of ether oxygens (including phenoxy) is 1. The first kappa shape index (κ1) is 16.4. The van der Waals surface area contributed by atoms with Gasteiger partial charge in [-0.2, -0.15) is 18.4 Å². The zero-order chi connectivity index (χ0) is 16.2. The van der Waals surface area contributed by atoms with Crippen molar-refractivity contribution in [3.8, 4) is 6.07 Å². The van der Waals surface area contributed by atoms with Crippen LogP contribution in [0.2, 0.25) is 0 Å². The second-order valence-electron chi connectivity index (χ2n) is 3.87. The maximum absolute atomic E-state index is 12.6. The van der Waals surface area contributed by atoms with Gasteiger partial charge >= 0.3 is 12.1 Å². The Bertz CT molecular complexity index is 620. The molecule has 0 aromatic heterocycles. The van der Waals surface area contributed by atoms with E-state index in [1.54, 1.807) is 0 Å². The number of nitro groups is 1. The van der Waals surface area contributed by atoms with Gasteiger partial charge in [0, 0.05) is 6.07 Å². The molecule has 0 aliphatic rings. The topological polar surface area (TPSA) is 93.2 Å². The van der Waals surface area contributed by atoms with E-state index in [1.807, 2.05) is 0 Å². The molecule has 0 saturated heterocycles. The lowest BCUT2D eigenvalue weighted by Crippen LogP contribution is -2.13. The van der Waals surface area contributed by atoms with E-state index in [2.05, 4.69) is 4.74 Å². The third-order valence-corrected chi connectivity index (χ3v) is 2.50. The normalized spacial score (nSPS) is 10.8. The van der Waals surface area contributed by atoms with E-state index in [0.717, 1.165) is 0 Å². The van der Waals surface area contributed by atoms with Crippen LogP contribution in [0.4, 0.5) is 18.9 Å². The maximum atomic E-state index is 12.6. The van der Waals surface area contributed by atoms with Crippen LogP contribution in [0.3, 0.4) is 0 Å². The highest BCUT2D eigenvalue weighted by molar-refractivity contribution is 5.76. The van der Waals surface area contributed by atoms with E-state index in [0.29, 0.717) is 12.1 Å². The lowest BCUT2D eigenvalue weighted by Gasteiger charge is -2.10. The average molecular weight is 302 g/mol. The van der Waals surface area contributed by atoms with E-state index < -0.39 is 45.9 Å². The minimum absolute atomic E-state index is 0.00908. The third-order valence-electron chi connectivity index (χ3n) is 2.50. The van der Waals surface area contributed by atoms with Gasteiger partial charge in [-0.1, -0.05) is 0 Å². The second-order valence-corrected chi connectivity index (χ2v) is 3.87. The molecule has 0 N–H and O–H groups in total. The summed E-state index contributed by atoms with van der Waals surface area (Å²) in [6.45, 7) is 1.51. The Morgan fingerprint density at radius 3 is 2.52 bits per heavy atom. The molecule has 1 aromatic carbocycles. The van der Waals surface area contributed by atoms with Gasteiger partial charge in [-0.3, -0.25) is 14.9 Å². The quantitative estimate of drug-likeness (QED) is 0.484. The van der Waals surface area contributed by atoms with E-state index in [4.69, 9.17) is 5.26 Å². The number of benzene rings is 1. The van der Waals surface area contributed by atoms with Crippen LogP contribution in [-0.4, -0.2) is 17.5 Å². The molecule has 112 valence electrons. The zero-order valence-electron chi connectivity index (χ0n) is 10.7. The summed E-state index contributed by atoms with van der Waals surface area (Å²) in [7, 11) is 0. The standard InChI is InChI=1S/C12H9F3N2O4/c1-2-21-11(18)5-9-7(6-16)3-8(12(13,14)15)4-10(9)17(19)20/h3-4H,2,5H2,1H3. The number of esters is 1. The van der Waals surface area contributed by atoms with E-state index >= 15 is 0 Å². The van der Waals surface area contributed by atoms with Crippen LogP contribution >= 0.6 is 0 Å². The molecule has 0 fully saturated rings. The second kappa shape index (κ2) is 6.21. The first-order valence-electron chi connectivity index (χ1n) is 5.65. The van der Waals surface area contributed by atoms with Gasteiger partial charge in [-0.25, -0.2) is 0 Å². The fraction of sp³-hybridized carbons (Fsp3) is 0.333. The molecule has 1 aromatic rings. The Balaban J connectivity index is 3.45. The molecule has 0 atom stereocenters. The Morgan fingerprint density at radius 1 is 1.48 bits per heavy atom. The molecule has 0 spiro atoms. The van der Waals surface area contributed by atoms with E-state index in [-0.39, 0.29) is 6.61 Å². The summed E-state index contributed by atoms with van der Waals surface area (Å²) in [6.07, 6.45) is -5.48. The fourth-order valence-electron chi connectivity index (χ4n) is 1.63. The summed E-state index contributed by atoms with van der Waals surface area (Å²) in [4.78, 5) is 21.2. The number of halogens is 3. The molecule has 0 amide bonds. The number of hydrogen-bond acceptors (Lipinski definition) is 5. The van der Waals surface area contributed by atoms with E-state index in [1.165, 1.54) is 13.0 Å². The number of rotatable bonds is 4. The van der Waals surface area contributed by atoms with Crippen LogP contribution in [-0.2, 0) is 22.1 Å². The van der Waals surface area contributed by atoms with Crippen LogP contribution < -0.4 is 0 Å². The van der Waals surface area contributed by atoms with Crippen LogP contribution in [0.1, 0.15) is 23.6 Å². The smallest absolute Gasteiger partial charge is 0.416 e. The van der Waals surface area contributed by atoms with Crippen molar-refractivity contribution in [1.29, 1.82) is 5.26 Å². The van der Waals surface area contributed by atoms with Crippen molar-refractivity contribution in [2.75, 3.05) is 6.61 Å². The number of nitro benzene ring substituents is 1. The van der Waals surface area contributed by atoms with Crippen molar-refractivity contribution in [2.24, 2.45) is 0 Å². The largest absolute Gasteiger partial charge is 0.466 e. The molecule has 6 nitrogen and oxygen atoms in total. The van der Waals surface area contributed by atoms with Gasteiger partial charge in [0.1, 0.15) is 0 Å². The monoisotopic (exact) mass is 302 g/mol. The van der Waals surface area contributed by atoms with Gasteiger partial charge in [0.05, 0.1) is 40.7 Å². The molecular formula is C12H9F3N2O4. The van der Waals surface area contributed by atoms with Crippen molar-refractivity contribution in [3.63, 3.8) is 0 Å². The summed E-state index contributed by atoms with van der Waals surface area (Å²) in [5, 5.41) is 19.8. The molecular weight excluding hydrogens is 293 g/mol. The highest BCUT2D eigenvalue weighted by Gasteiger charge is 2.35. The lowest BCUT2D eigenvalue weighted by molar-refractivity contribution is -0.385. The number of hydrogen-bond donors (Lipinski definition) is 0. The van der Waals surface area contributed by atoms with Gasteiger partial charge in [0.2, 0.25) is 0 Å². The third kappa shape index (κ3) is 3.92. The first-order chi connectivity index (χ1) is 9.70. The van der Waals surface area contributed by atoms with Crippen molar-refractivity contribution in [1.82, 2.24) is 0 Å². The molecule has 0 saturated carbocycles. The van der Waals surface area contributed by atoms with Crippen molar-refractivity contribution in [2.45, 2.75) is 19.5 Å². The molecule has 0 radical (unpaired) electrons. The highest BCUT2D eigenvalue weighted by Crippen LogP contribution is 2.35. The number of carbonyl (C=O) groups is 1. The number of alkyl halides is 3. The molecule has 0 aliphatic heterocycles. The van der Waals surface area contributed by atoms with E-state index in [9.17, 15) is 28.1 Å². The SMILES string of the molecule is CCOC(=O)Cc1c(C#N)cc(C(F)(F)F)cc1[N+](=O)[O-]. The predicted octanol–water partition coefficient (Wildman–Crippen LogP) is 2.59. The minimum Gasteiger partial charge on any atom is -0.466 e. The summed E-state index contributed by atoms with van der Waals surface area (Å²) in [5.41, 5.74) is -3.23. The molecule has 0 unspecified atom stereocenters. The van der Waals surface area contributed by atoms with Gasteiger partial charge in [-0.15, -0.1) is 0 Å². The zero-order valence-corrected chi connectivity index (χ0v) is 10.7. The first-order valence-corrected chi connectivity index (χ1v) is 5.65. The molecule has 1 rings (SSSR count). The molecule has 0 bridgehead atoms. The summed E-state index contributed by atoms with van der Waals surface area (Å²) >= 11 is 0. The van der Waals surface area contributed by atoms with Crippen LogP contribution in [0, 0.1) is 21.4 Å². The number of nitriles is 1. The lowest BCUT2D eigenvalue weighted by atomic mass is 9.99. The number of carbonyl (C=O) groups excluding carboxylic acids is 1.